The van der Waals surface area contributed by atoms with Gasteiger partial charge in [0, 0.05) is 15.9 Å². The summed E-state index contributed by atoms with van der Waals surface area (Å²) < 4.78 is 11.8. The zero-order valence-electron chi connectivity index (χ0n) is 9.13. The first-order valence-electron chi connectivity index (χ1n) is 5.49. The van der Waals surface area contributed by atoms with Gasteiger partial charge in [0.15, 0.2) is 11.5 Å². The van der Waals surface area contributed by atoms with Crippen LogP contribution in [0.2, 0.25) is 0 Å². The topological polar surface area (TPSA) is 44.5 Å². The fourth-order valence-electron chi connectivity index (χ4n) is 2.40. The predicted molar refractivity (Wildman–Crippen MR) is 64.8 cm³/mol. The Bertz CT molecular complexity index is 441. The molecule has 1 aliphatic carbocycles. The molecule has 0 aromatic heterocycles. The maximum absolute atomic E-state index is 6.09. The summed E-state index contributed by atoms with van der Waals surface area (Å²) in [5.74, 6) is 1.65. The predicted octanol–water partition coefficient (Wildman–Crippen LogP) is 2.56. The summed E-state index contributed by atoms with van der Waals surface area (Å²) in [5.41, 5.74) is 7.48. The molecule has 16 heavy (non-hydrogen) atoms. The van der Waals surface area contributed by atoms with Gasteiger partial charge in [0.25, 0.3) is 0 Å². The van der Waals surface area contributed by atoms with Gasteiger partial charge in [0.2, 0.25) is 6.79 Å². The maximum Gasteiger partial charge on any atom is 0.231 e. The quantitative estimate of drug-likeness (QED) is 0.907. The maximum atomic E-state index is 6.09. The summed E-state index contributed by atoms with van der Waals surface area (Å²) in [7, 11) is 0. The molecular weight excluding hydrogens is 270 g/mol. The van der Waals surface area contributed by atoms with Gasteiger partial charge in [0.05, 0.1) is 0 Å². The Morgan fingerprint density at radius 3 is 2.50 bits per heavy atom. The average Bonchev–Trinajstić information content (AvgIpc) is 2.92. The Kier molecular flexibility index (Phi) is 2.20. The smallest absolute Gasteiger partial charge is 0.231 e. The van der Waals surface area contributed by atoms with Gasteiger partial charge in [0.1, 0.15) is 0 Å². The van der Waals surface area contributed by atoms with Gasteiger partial charge in [-0.25, -0.2) is 0 Å². The van der Waals surface area contributed by atoms with Gasteiger partial charge in [-0.1, -0.05) is 15.9 Å². The number of hydrogen-bond acceptors (Lipinski definition) is 3. The van der Waals surface area contributed by atoms with E-state index in [4.69, 9.17) is 15.2 Å². The lowest BCUT2D eigenvalue weighted by Crippen LogP contribution is -2.31. The van der Waals surface area contributed by atoms with Crippen LogP contribution in [0.5, 0.6) is 11.5 Å². The Hall–Kier alpha value is -0.740. The molecule has 1 atom stereocenters. The molecule has 1 unspecified atom stereocenters. The highest BCUT2D eigenvalue weighted by molar-refractivity contribution is 9.10. The monoisotopic (exact) mass is 283 g/mol. The third kappa shape index (κ3) is 1.36. The Morgan fingerprint density at radius 1 is 1.31 bits per heavy atom. The van der Waals surface area contributed by atoms with Crippen molar-refractivity contribution in [1.82, 2.24) is 0 Å². The molecule has 2 aliphatic rings. The van der Waals surface area contributed by atoms with Gasteiger partial charge in [-0.3, -0.25) is 0 Å². The van der Waals surface area contributed by atoms with Gasteiger partial charge >= 0.3 is 0 Å². The molecular formula is C12H14BrNO2. The summed E-state index contributed by atoms with van der Waals surface area (Å²) in [6.07, 6.45) is 2.31. The number of fused-ring (bicyclic) bond motifs is 1. The summed E-state index contributed by atoms with van der Waals surface area (Å²) in [6, 6.07) is 4.23. The molecule has 0 spiro atoms. The van der Waals surface area contributed by atoms with Crippen LogP contribution in [0.15, 0.2) is 16.6 Å². The molecule has 0 radical (unpaired) electrons. The Labute approximate surface area is 103 Å². The van der Waals surface area contributed by atoms with Crippen molar-refractivity contribution in [1.29, 1.82) is 0 Å². The summed E-state index contributed by atoms with van der Waals surface area (Å²) in [4.78, 5) is 0. The first-order chi connectivity index (χ1) is 7.63. The fraction of sp³-hybridized carbons (Fsp3) is 0.500. The van der Waals surface area contributed by atoms with Crippen molar-refractivity contribution in [2.75, 3.05) is 6.79 Å². The van der Waals surface area contributed by atoms with Crippen LogP contribution < -0.4 is 15.2 Å². The highest BCUT2D eigenvalue weighted by Crippen LogP contribution is 2.54. The molecule has 0 bridgehead atoms. The van der Waals surface area contributed by atoms with E-state index in [1.54, 1.807) is 0 Å². The number of benzene rings is 1. The highest BCUT2D eigenvalue weighted by Gasteiger charge is 2.49. The standard InChI is InChI=1S/C12H14BrNO2/c1-7(14)12(2-3-12)8-4-10-11(5-9(8)13)16-6-15-10/h4-5,7H,2-3,6,14H2,1H3. The van der Waals surface area contributed by atoms with Crippen molar-refractivity contribution < 1.29 is 9.47 Å². The molecule has 1 aliphatic heterocycles. The number of rotatable bonds is 2. The van der Waals surface area contributed by atoms with E-state index in [-0.39, 0.29) is 11.5 Å². The second kappa shape index (κ2) is 3.37. The van der Waals surface area contributed by atoms with Crippen molar-refractivity contribution >= 4 is 15.9 Å². The van der Waals surface area contributed by atoms with Gasteiger partial charge in [-0.15, -0.1) is 0 Å². The first-order valence-corrected chi connectivity index (χ1v) is 6.28. The highest BCUT2D eigenvalue weighted by atomic mass is 79.9. The largest absolute Gasteiger partial charge is 0.454 e. The van der Waals surface area contributed by atoms with E-state index < -0.39 is 0 Å². The normalized spacial score (nSPS) is 21.9. The van der Waals surface area contributed by atoms with Crippen LogP contribution >= 0.6 is 15.9 Å². The molecule has 1 fully saturated rings. The molecule has 1 aromatic rings. The SMILES string of the molecule is CC(N)C1(c2cc3c(cc2Br)OCO3)CC1. The molecule has 86 valence electrons. The zero-order chi connectivity index (χ0) is 11.3. The third-order valence-electron chi connectivity index (χ3n) is 3.66. The molecule has 4 heteroatoms. The Morgan fingerprint density at radius 2 is 1.94 bits per heavy atom. The van der Waals surface area contributed by atoms with Crippen molar-refractivity contribution in [3.05, 3.63) is 22.2 Å². The number of nitrogens with two attached hydrogens (primary N) is 1. The van der Waals surface area contributed by atoms with E-state index in [2.05, 4.69) is 28.9 Å². The Balaban J connectivity index is 2.08. The number of hydrogen-bond donors (Lipinski definition) is 1. The second-order valence-electron chi connectivity index (χ2n) is 4.63. The van der Waals surface area contributed by atoms with Crippen LogP contribution in [0.25, 0.3) is 0 Å². The van der Waals surface area contributed by atoms with Crippen molar-refractivity contribution in [3.8, 4) is 11.5 Å². The lowest BCUT2D eigenvalue weighted by Gasteiger charge is -2.21. The van der Waals surface area contributed by atoms with Gasteiger partial charge in [-0.05, 0) is 37.5 Å². The molecule has 3 rings (SSSR count). The minimum absolute atomic E-state index is 0.139. The molecule has 2 N–H and O–H groups in total. The van der Waals surface area contributed by atoms with Crippen molar-refractivity contribution in [2.45, 2.75) is 31.2 Å². The van der Waals surface area contributed by atoms with Crippen LogP contribution in [-0.4, -0.2) is 12.8 Å². The minimum atomic E-state index is 0.139. The molecule has 1 heterocycles. The average molecular weight is 284 g/mol. The van der Waals surface area contributed by atoms with E-state index >= 15 is 0 Å². The fourth-order valence-corrected chi connectivity index (χ4v) is 3.12. The zero-order valence-corrected chi connectivity index (χ0v) is 10.7. The van der Waals surface area contributed by atoms with Crippen LogP contribution in [0, 0.1) is 0 Å². The molecule has 0 saturated heterocycles. The summed E-state index contributed by atoms with van der Waals surface area (Å²) in [6.45, 7) is 2.39. The van der Waals surface area contributed by atoms with Gasteiger partial charge < -0.3 is 15.2 Å². The molecule has 0 amide bonds. The van der Waals surface area contributed by atoms with E-state index in [0.717, 1.165) is 28.8 Å². The van der Waals surface area contributed by atoms with Crippen molar-refractivity contribution in [3.63, 3.8) is 0 Å². The minimum Gasteiger partial charge on any atom is -0.454 e. The lowest BCUT2D eigenvalue weighted by molar-refractivity contribution is 0.174. The molecule has 3 nitrogen and oxygen atoms in total. The summed E-state index contributed by atoms with van der Waals surface area (Å²) in [5, 5.41) is 0. The van der Waals surface area contributed by atoms with Crippen molar-refractivity contribution in [2.24, 2.45) is 5.73 Å². The molecule has 1 saturated carbocycles. The molecule has 1 aromatic carbocycles. The number of ether oxygens (including phenoxy) is 2. The van der Waals surface area contributed by atoms with E-state index in [1.165, 1.54) is 5.56 Å². The van der Waals surface area contributed by atoms with Crippen LogP contribution in [0.3, 0.4) is 0 Å². The van der Waals surface area contributed by atoms with Crippen LogP contribution in [-0.2, 0) is 5.41 Å². The number of halogens is 1. The van der Waals surface area contributed by atoms with Crippen LogP contribution in [0.1, 0.15) is 25.3 Å². The van der Waals surface area contributed by atoms with E-state index in [0.29, 0.717) is 6.79 Å². The first kappa shape index (κ1) is 10.4. The van der Waals surface area contributed by atoms with E-state index in [1.807, 2.05) is 6.07 Å². The van der Waals surface area contributed by atoms with E-state index in [9.17, 15) is 0 Å². The van der Waals surface area contributed by atoms with Gasteiger partial charge in [-0.2, -0.15) is 0 Å². The third-order valence-corrected chi connectivity index (χ3v) is 4.32. The summed E-state index contributed by atoms with van der Waals surface area (Å²) >= 11 is 3.60. The second-order valence-corrected chi connectivity index (χ2v) is 5.48. The lowest BCUT2D eigenvalue weighted by atomic mass is 9.89. The van der Waals surface area contributed by atoms with Crippen LogP contribution in [0.4, 0.5) is 0 Å².